The van der Waals surface area contributed by atoms with Gasteiger partial charge in [-0.1, -0.05) is 20.8 Å². The summed E-state index contributed by atoms with van der Waals surface area (Å²) in [5, 5.41) is 0. The van der Waals surface area contributed by atoms with Crippen molar-refractivity contribution < 1.29 is 32.7 Å². The summed E-state index contributed by atoms with van der Waals surface area (Å²) < 4.78 is 0. The van der Waals surface area contributed by atoms with Crippen LogP contribution in [0.5, 0.6) is 0 Å². The first-order valence-corrected chi connectivity index (χ1v) is 4.00. The molecule has 0 aliphatic heterocycles. The van der Waals surface area contributed by atoms with Gasteiger partial charge < -0.3 is 6.08 Å². The predicted molar refractivity (Wildman–Crippen MR) is 58.7 cm³/mol. The average molecular weight is 253 g/mol. The Kier molecular flexibility index (Phi) is 52.7. The summed E-state index contributed by atoms with van der Waals surface area (Å²) in [5.41, 5.74) is 1.02. The van der Waals surface area contributed by atoms with E-state index in [1.54, 1.807) is 19.1 Å². The SMILES string of the molecule is C=C[C-]=C(C)C=C.C=[C-]C.CC.[Y]. The van der Waals surface area contributed by atoms with Crippen molar-refractivity contribution in [1.82, 2.24) is 0 Å². The second kappa shape index (κ2) is 29.6. The van der Waals surface area contributed by atoms with Crippen LogP contribution in [0.25, 0.3) is 0 Å². The standard InChI is InChI=1S/C7H9.C3H5.C2H6.Y/c1-4-6-7(3)5-2;1-3-2;1-2;/h4-5H,1-2H2,3H3;1H2,2H3;1-2H3;/q2*-1;;. The van der Waals surface area contributed by atoms with E-state index < -0.39 is 0 Å². The van der Waals surface area contributed by atoms with Gasteiger partial charge in [0.15, 0.2) is 0 Å². The van der Waals surface area contributed by atoms with Gasteiger partial charge in [-0.05, 0) is 0 Å². The van der Waals surface area contributed by atoms with Crippen LogP contribution in [0.4, 0.5) is 0 Å². The summed E-state index contributed by atoms with van der Waals surface area (Å²) in [4.78, 5) is 0. The molecule has 0 amide bonds. The monoisotopic (exact) mass is 253 g/mol. The van der Waals surface area contributed by atoms with Gasteiger partial charge in [0.1, 0.15) is 0 Å². The third kappa shape index (κ3) is 47.6. The van der Waals surface area contributed by atoms with Gasteiger partial charge in [0, 0.05) is 32.7 Å². The minimum Gasteiger partial charge on any atom is -0.507 e. The van der Waals surface area contributed by atoms with Crippen LogP contribution in [0.15, 0.2) is 37.5 Å². The molecule has 0 nitrogen and oxygen atoms in total. The molecule has 0 aromatic rings. The van der Waals surface area contributed by atoms with Gasteiger partial charge in [0.2, 0.25) is 0 Å². The first-order chi connectivity index (χ1) is 5.72. The molecule has 13 heavy (non-hydrogen) atoms. The van der Waals surface area contributed by atoms with E-state index in [0.717, 1.165) is 5.57 Å². The molecule has 0 bridgehead atoms. The van der Waals surface area contributed by atoms with Crippen LogP contribution in [0.3, 0.4) is 0 Å². The largest absolute Gasteiger partial charge is 0.507 e. The van der Waals surface area contributed by atoms with Gasteiger partial charge in [-0.15, -0.1) is 0 Å². The molecule has 0 unspecified atom stereocenters. The van der Waals surface area contributed by atoms with E-state index in [-0.39, 0.29) is 32.7 Å². The predicted octanol–water partition coefficient (Wildman–Crippen LogP) is 4.13. The Morgan fingerprint density at radius 2 is 1.54 bits per heavy atom. The molecule has 0 heterocycles. The van der Waals surface area contributed by atoms with E-state index in [9.17, 15) is 0 Å². The van der Waals surface area contributed by atoms with E-state index in [2.05, 4.69) is 31.9 Å². The molecule has 0 fully saturated rings. The summed E-state index contributed by atoms with van der Waals surface area (Å²) in [6.45, 7) is 17.9. The van der Waals surface area contributed by atoms with E-state index in [1.165, 1.54) is 0 Å². The summed E-state index contributed by atoms with van der Waals surface area (Å²) in [5.74, 6) is 0. The van der Waals surface area contributed by atoms with Crippen LogP contribution in [0.2, 0.25) is 0 Å². The van der Waals surface area contributed by atoms with Crippen LogP contribution in [0.1, 0.15) is 27.7 Å². The number of hydrogen-bond donors (Lipinski definition) is 0. The summed E-state index contributed by atoms with van der Waals surface area (Å²) in [7, 11) is 0. The van der Waals surface area contributed by atoms with E-state index >= 15 is 0 Å². The number of rotatable bonds is 2. The van der Waals surface area contributed by atoms with Crippen molar-refractivity contribution in [2.75, 3.05) is 0 Å². The molecule has 0 atom stereocenters. The Morgan fingerprint density at radius 3 is 1.62 bits per heavy atom. The molecule has 1 radical (unpaired) electrons. The number of allylic oxidation sites excluding steroid dienone is 5. The van der Waals surface area contributed by atoms with Crippen molar-refractivity contribution >= 4 is 0 Å². The molecule has 0 spiro atoms. The van der Waals surface area contributed by atoms with Crippen LogP contribution in [-0.2, 0) is 32.7 Å². The third-order valence-corrected chi connectivity index (χ3v) is 0.636. The second-order valence-electron chi connectivity index (χ2n) is 1.59. The molecule has 0 rings (SSSR count). The average Bonchev–Trinajstić information content (AvgIpc) is 2.10. The van der Waals surface area contributed by atoms with Gasteiger partial charge >= 0.3 is 0 Å². The molecule has 1 heteroatoms. The molecule has 0 N–H and O–H groups in total. The van der Waals surface area contributed by atoms with Crippen LogP contribution in [0, 0.1) is 12.2 Å². The Morgan fingerprint density at radius 1 is 1.23 bits per heavy atom. The molecular weight excluding hydrogens is 233 g/mol. The molecular formula is C12H20Y-2. The van der Waals surface area contributed by atoms with Crippen LogP contribution < -0.4 is 0 Å². The van der Waals surface area contributed by atoms with Crippen molar-refractivity contribution in [2.45, 2.75) is 27.7 Å². The maximum atomic E-state index is 3.53. The van der Waals surface area contributed by atoms with Gasteiger partial charge in [-0.3, -0.25) is 6.58 Å². The molecule has 0 aliphatic carbocycles. The maximum absolute atomic E-state index is 3.53. The van der Waals surface area contributed by atoms with Crippen molar-refractivity contribution in [3.05, 3.63) is 49.6 Å². The quantitative estimate of drug-likeness (QED) is 0.512. The van der Waals surface area contributed by atoms with E-state index in [4.69, 9.17) is 0 Å². The second-order valence-corrected chi connectivity index (χ2v) is 1.59. The topological polar surface area (TPSA) is 0 Å². The van der Waals surface area contributed by atoms with Crippen LogP contribution >= 0.6 is 0 Å². The summed E-state index contributed by atoms with van der Waals surface area (Å²) >= 11 is 0. The third-order valence-electron chi connectivity index (χ3n) is 0.636. The Balaban J connectivity index is -0.0000000581. The Labute approximate surface area is 109 Å². The fourth-order valence-corrected chi connectivity index (χ4v) is 0.220. The molecule has 0 aromatic heterocycles. The van der Waals surface area contributed by atoms with Crippen LogP contribution in [-0.4, -0.2) is 0 Å². The number of hydrogen-bond acceptors (Lipinski definition) is 0. The minimum atomic E-state index is 0. The van der Waals surface area contributed by atoms with Gasteiger partial charge in [-0.25, -0.2) is 0 Å². The van der Waals surface area contributed by atoms with Gasteiger partial charge in [0.25, 0.3) is 0 Å². The zero-order chi connectivity index (χ0) is 10.4. The molecule has 73 valence electrons. The van der Waals surface area contributed by atoms with Gasteiger partial charge in [-0.2, -0.15) is 43.9 Å². The minimum absolute atomic E-state index is 0. The first-order valence-electron chi connectivity index (χ1n) is 4.00. The normalized spacial score (nSPS) is 7.23. The molecule has 0 saturated carbocycles. The zero-order valence-electron chi connectivity index (χ0n) is 9.35. The van der Waals surface area contributed by atoms with Crippen molar-refractivity contribution in [3.8, 4) is 0 Å². The zero-order valence-corrected chi connectivity index (χ0v) is 12.2. The first kappa shape index (κ1) is 23.1. The Hall–Kier alpha value is 0.0639. The smallest absolute Gasteiger partial charge is 0 e. The van der Waals surface area contributed by atoms with Crippen molar-refractivity contribution in [3.63, 3.8) is 0 Å². The Bertz CT molecular complexity index is 132. The molecule has 0 aliphatic rings. The summed E-state index contributed by atoms with van der Waals surface area (Å²) in [6.07, 6.45) is 8.72. The van der Waals surface area contributed by atoms with E-state index in [1.807, 2.05) is 20.8 Å². The maximum Gasteiger partial charge on any atom is 0 e. The molecule has 0 saturated heterocycles. The van der Waals surface area contributed by atoms with Crippen molar-refractivity contribution in [1.29, 1.82) is 0 Å². The summed E-state index contributed by atoms with van der Waals surface area (Å²) in [6, 6.07) is 0. The van der Waals surface area contributed by atoms with Crippen molar-refractivity contribution in [2.24, 2.45) is 0 Å². The molecule has 0 aromatic carbocycles. The van der Waals surface area contributed by atoms with Gasteiger partial charge in [0.05, 0.1) is 0 Å². The fourth-order valence-electron chi connectivity index (χ4n) is 0.220. The fraction of sp³-hybridized carbons (Fsp3) is 0.333. The van der Waals surface area contributed by atoms with E-state index in [0.29, 0.717) is 0 Å².